The molecule has 1 heterocycles. The van der Waals surface area contributed by atoms with Crippen LogP contribution in [-0.4, -0.2) is 18.5 Å². The van der Waals surface area contributed by atoms with E-state index >= 15 is 0 Å². The van der Waals surface area contributed by atoms with Crippen LogP contribution in [-0.2, 0) is 9.53 Å². The van der Waals surface area contributed by atoms with E-state index in [1.54, 1.807) is 18.2 Å². The zero-order valence-electron chi connectivity index (χ0n) is 12.8. The third-order valence-electron chi connectivity index (χ3n) is 3.31. The highest BCUT2D eigenvalue weighted by Gasteiger charge is 2.19. The summed E-state index contributed by atoms with van der Waals surface area (Å²) < 4.78 is 18.8. The van der Waals surface area contributed by atoms with Crippen molar-refractivity contribution >= 4 is 73.8 Å². The normalized spacial score (nSPS) is 10.8. The number of nitrogens with one attached hydrogen (secondary N) is 1. The van der Waals surface area contributed by atoms with Crippen LogP contribution in [0.25, 0.3) is 10.1 Å². The molecule has 0 saturated heterocycles. The second kappa shape index (κ2) is 7.80. The number of ether oxygens (including phenoxy) is 1. The van der Waals surface area contributed by atoms with Crippen molar-refractivity contribution in [3.8, 4) is 0 Å². The fraction of sp³-hybridized carbons (Fsp3) is 0.0588. The molecule has 0 saturated carbocycles. The number of halogens is 4. The van der Waals surface area contributed by atoms with Crippen molar-refractivity contribution in [3.05, 3.63) is 62.2 Å². The SMILES string of the molecule is O=C(COC(=O)c1sc2cc(Cl)ccc2c1Cl)Nc1ccc(F)c(Cl)c1. The van der Waals surface area contributed by atoms with Gasteiger partial charge in [-0.25, -0.2) is 9.18 Å². The second-order valence-corrected chi connectivity index (χ2v) is 7.41. The molecule has 0 bridgehead atoms. The number of benzene rings is 2. The monoisotopic (exact) mass is 431 g/mol. The van der Waals surface area contributed by atoms with Gasteiger partial charge in [-0.05, 0) is 30.3 Å². The van der Waals surface area contributed by atoms with E-state index in [1.165, 1.54) is 12.1 Å². The van der Waals surface area contributed by atoms with Crippen LogP contribution in [0.5, 0.6) is 0 Å². The summed E-state index contributed by atoms with van der Waals surface area (Å²) in [5.74, 6) is -1.92. The van der Waals surface area contributed by atoms with Gasteiger partial charge in [0.2, 0.25) is 0 Å². The number of esters is 1. The van der Waals surface area contributed by atoms with Crippen LogP contribution in [0, 0.1) is 5.82 Å². The Kier molecular flexibility index (Phi) is 5.67. The number of carbonyl (C=O) groups excluding carboxylic acids is 2. The van der Waals surface area contributed by atoms with Gasteiger partial charge in [-0.1, -0.05) is 40.9 Å². The first kappa shape index (κ1) is 18.9. The molecule has 0 aliphatic heterocycles. The lowest BCUT2D eigenvalue weighted by atomic mass is 10.2. The number of hydrogen-bond donors (Lipinski definition) is 1. The van der Waals surface area contributed by atoms with Crippen LogP contribution in [0.2, 0.25) is 15.1 Å². The summed E-state index contributed by atoms with van der Waals surface area (Å²) in [4.78, 5) is 24.3. The molecular formula is C17H9Cl3FNO3S. The highest BCUT2D eigenvalue weighted by atomic mass is 35.5. The van der Waals surface area contributed by atoms with E-state index in [4.69, 9.17) is 39.5 Å². The third kappa shape index (κ3) is 4.10. The summed E-state index contributed by atoms with van der Waals surface area (Å²) in [7, 11) is 0. The Bertz CT molecular complexity index is 1020. The van der Waals surface area contributed by atoms with E-state index in [2.05, 4.69) is 5.32 Å². The lowest BCUT2D eigenvalue weighted by Gasteiger charge is -2.06. The lowest BCUT2D eigenvalue weighted by Crippen LogP contribution is -2.20. The molecule has 1 N–H and O–H groups in total. The van der Waals surface area contributed by atoms with Gasteiger partial charge in [0, 0.05) is 20.8 Å². The van der Waals surface area contributed by atoms with Gasteiger partial charge in [-0.2, -0.15) is 0 Å². The predicted octanol–water partition coefficient (Wildman–Crippen LogP) is 5.80. The molecule has 1 aromatic heterocycles. The molecule has 26 heavy (non-hydrogen) atoms. The first-order chi connectivity index (χ1) is 12.3. The lowest BCUT2D eigenvalue weighted by molar-refractivity contribution is -0.119. The smallest absolute Gasteiger partial charge is 0.350 e. The molecular weight excluding hydrogens is 424 g/mol. The minimum absolute atomic E-state index is 0.129. The topological polar surface area (TPSA) is 55.4 Å². The fourth-order valence-corrected chi connectivity index (χ4v) is 4.00. The highest BCUT2D eigenvalue weighted by molar-refractivity contribution is 7.21. The van der Waals surface area contributed by atoms with E-state index in [9.17, 15) is 14.0 Å². The number of thiophene rings is 1. The molecule has 4 nitrogen and oxygen atoms in total. The van der Waals surface area contributed by atoms with E-state index in [-0.39, 0.29) is 20.6 Å². The number of amides is 1. The molecule has 0 spiro atoms. The summed E-state index contributed by atoms with van der Waals surface area (Å²) in [5, 5.41) is 3.77. The predicted molar refractivity (Wildman–Crippen MR) is 102 cm³/mol. The standard InChI is InChI=1S/C17H9Cl3FNO3S/c18-8-1-3-10-13(5-8)26-16(15(10)20)17(24)25-7-14(23)22-9-2-4-12(21)11(19)6-9/h1-6H,7H2,(H,22,23). The van der Waals surface area contributed by atoms with E-state index in [0.717, 1.165) is 22.1 Å². The Morgan fingerprint density at radius 3 is 2.62 bits per heavy atom. The Morgan fingerprint density at radius 1 is 1.12 bits per heavy atom. The van der Waals surface area contributed by atoms with Crippen molar-refractivity contribution in [1.29, 1.82) is 0 Å². The van der Waals surface area contributed by atoms with Crippen molar-refractivity contribution in [3.63, 3.8) is 0 Å². The molecule has 3 rings (SSSR count). The summed E-state index contributed by atoms with van der Waals surface area (Å²) in [6, 6.07) is 8.77. The average Bonchev–Trinajstić information content (AvgIpc) is 2.92. The van der Waals surface area contributed by atoms with Crippen LogP contribution in [0.15, 0.2) is 36.4 Å². The van der Waals surface area contributed by atoms with E-state index < -0.39 is 24.3 Å². The quantitative estimate of drug-likeness (QED) is 0.530. The van der Waals surface area contributed by atoms with Gasteiger partial charge < -0.3 is 10.1 Å². The van der Waals surface area contributed by atoms with Crippen LogP contribution in [0.1, 0.15) is 9.67 Å². The van der Waals surface area contributed by atoms with Gasteiger partial charge in [0.1, 0.15) is 10.7 Å². The molecule has 9 heteroatoms. The number of anilines is 1. The fourth-order valence-electron chi connectivity index (χ4n) is 2.14. The van der Waals surface area contributed by atoms with Gasteiger partial charge in [0.05, 0.1) is 10.0 Å². The average molecular weight is 433 g/mol. The minimum Gasteiger partial charge on any atom is -0.451 e. The first-order valence-corrected chi connectivity index (χ1v) is 9.10. The van der Waals surface area contributed by atoms with Crippen LogP contribution >= 0.6 is 46.1 Å². The second-order valence-electron chi connectivity index (χ2n) is 5.14. The molecule has 0 atom stereocenters. The van der Waals surface area contributed by atoms with Gasteiger partial charge in [0.25, 0.3) is 5.91 Å². The van der Waals surface area contributed by atoms with Crippen molar-refractivity contribution in [2.45, 2.75) is 0 Å². The number of hydrogen-bond acceptors (Lipinski definition) is 4. The molecule has 0 radical (unpaired) electrons. The van der Waals surface area contributed by atoms with Gasteiger partial charge in [-0.15, -0.1) is 11.3 Å². The summed E-state index contributed by atoms with van der Waals surface area (Å²) in [6.45, 7) is -0.529. The third-order valence-corrected chi connectivity index (χ3v) is 5.48. The van der Waals surface area contributed by atoms with Gasteiger partial charge in [-0.3, -0.25) is 4.79 Å². The molecule has 3 aromatic rings. The number of rotatable bonds is 4. The van der Waals surface area contributed by atoms with Crippen LogP contribution < -0.4 is 5.32 Å². The maximum Gasteiger partial charge on any atom is 0.350 e. The van der Waals surface area contributed by atoms with Crippen LogP contribution in [0.4, 0.5) is 10.1 Å². The Balaban J connectivity index is 1.65. The van der Waals surface area contributed by atoms with Crippen molar-refractivity contribution in [2.75, 3.05) is 11.9 Å². The molecule has 0 aliphatic carbocycles. The zero-order valence-corrected chi connectivity index (χ0v) is 15.9. The molecule has 0 aliphatic rings. The van der Waals surface area contributed by atoms with Crippen molar-refractivity contribution in [2.24, 2.45) is 0 Å². The van der Waals surface area contributed by atoms with Crippen LogP contribution in [0.3, 0.4) is 0 Å². The number of carbonyl (C=O) groups is 2. The minimum atomic E-state index is -0.723. The Hall–Kier alpha value is -1.86. The Morgan fingerprint density at radius 2 is 1.88 bits per heavy atom. The summed E-state index contributed by atoms with van der Waals surface area (Å²) in [5.41, 5.74) is 0.284. The van der Waals surface area contributed by atoms with Crippen molar-refractivity contribution < 1.29 is 18.7 Å². The molecule has 1 amide bonds. The molecule has 2 aromatic carbocycles. The first-order valence-electron chi connectivity index (χ1n) is 7.14. The summed E-state index contributed by atoms with van der Waals surface area (Å²) >= 11 is 18.9. The molecule has 134 valence electrons. The maximum absolute atomic E-state index is 13.1. The summed E-state index contributed by atoms with van der Waals surface area (Å²) in [6.07, 6.45) is 0. The van der Waals surface area contributed by atoms with Gasteiger partial charge in [0.15, 0.2) is 6.61 Å². The highest BCUT2D eigenvalue weighted by Crippen LogP contribution is 2.37. The van der Waals surface area contributed by atoms with E-state index in [0.29, 0.717) is 10.4 Å². The van der Waals surface area contributed by atoms with Gasteiger partial charge >= 0.3 is 5.97 Å². The maximum atomic E-state index is 13.1. The van der Waals surface area contributed by atoms with E-state index in [1.807, 2.05) is 0 Å². The van der Waals surface area contributed by atoms with Crippen molar-refractivity contribution in [1.82, 2.24) is 0 Å². The Labute approximate surface area is 166 Å². The zero-order chi connectivity index (χ0) is 18.8. The number of fused-ring (bicyclic) bond motifs is 1. The molecule has 0 unspecified atom stereocenters. The molecule has 0 fully saturated rings. The largest absolute Gasteiger partial charge is 0.451 e.